The Morgan fingerprint density at radius 1 is 1.11 bits per heavy atom. The molecule has 150 valence electrons. The molecule has 0 amide bonds. The van der Waals surface area contributed by atoms with E-state index in [2.05, 4.69) is 26.0 Å². The molecule has 0 aromatic carbocycles. The minimum absolute atomic E-state index is 0.131. The van der Waals surface area contributed by atoms with Crippen LogP contribution in [-0.4, -0.2) is 18.1 Å². The molecular formula is C24H37NO2. The first kappa shape index (κ1) is 19.4. The number of fused-ring (bicyclic) bond motifs is 5. The van der Waals surface area contributed by atoms with Crippen molar-refractivity contribution in [3.8, 4) is 0 Å². The number of unbranched alkanes of at least 4 members (excludes halogenated alkanes) is 1. The lowest BCUT2D eigenvalue weighted by molar-refractivity contribution is -0.157. The van der Waals surface area contributed by atoms with Gasteiger partial charge >= 0.3 is 0 Å². The Hall–Kier alpha value is -0.960. The molecule has 2 N–H and O–H groups in total. The molecule has 7 atom stereocenters. The van der Waals surface area contributed by atoms with Crippen LogP contribution in [-0.2, 0) is 9.59 Å². The van der Waals surface area contributed by atoms with Gasteiger partial charge in [0.05, 0.1) is 0 Å². The molecule has 0 bridgehead atoms. The second-order valence-electron chi connectivity index (χ2n) is 10.4. The van der Waals surface area contributed by atoms with E-state index in [1.54, 1.807) is 0 Å². The molecule has 0 aromatic heterocycles. The maximum absolute atomic E-state index is 13.3. The van der Waals surface area contributed by atoms with Gasteiger partial charge in [0.1, 0.15) is 11.6 Å². The van der Waals surface area contributed by atoms with Gasteiger partial charge in [0.25, 0.3) is 0 Å². The topological polar surface area (TPSA) is 60.2 Å². The molecule has 1 unspecified atom stereocenters. The number of rotatable bonds is 4. The third-order valence-corrected chi connectivity index (χ3v) is 9.19. The maximum atomic E-state index is 13.3. The van der Waals surface area contributed by atoms with E-state index in [9.17, 15) is 9.59 Å². The van der Waals surface area contributed by atoms with E-state index in [-0.39, 0.29) is 16.7 Å². The largest absolute Gasteiger partial charge is 0.330 e. The predicted molar refractivity (Wildman–Crippen MR) is 108 cm³/mol. The van der Waals surface area contributed by atoms with Crippen LogP contribution in [0.15, 0.2) is 12.2 Å². The summed E-state index contributed by atoms with van der Waals surface area (Å²) in [5.74, 6) is 3.33. The Kier molecular flexibility index (Phi) is 5.12. The molecule has 4 saturated carbocycles. The van der Waals surface area contributed by atoms with Gasteiger partial charge in [-0.05, 0) is 87.0 Å². The number of ketones is 2. The van der Waals surface area contributed by atoms with Crippen molar-refractivity contribution in [3.05, 3.63) is 12.2 Å². The highest BCUT2D eigenvalue weighted by Crippen LogP contribution is 2.65. The molecule has 0 spiro atoms. The van der Waals surface area contributed by atoms with Crippen LogP contribution in [0.3, 0.4) is 0 Å². The molecule has 27 heavy (non-hydrogen) atoms. The van der Waals surface area contributed by atoms with Crippen molar-refractivity contribution < 1.29 is 9.59 Å². The summed E-state index contributed by atoms with van der Waals surface area (Å²) < 4.78 is 0. The first-order chi connectivity index (χ1) is 12.9. The molecule has 0 aliphatic heterocycles. The predicted octanol–water partition coefficient (Wildman–Crippen LogP) is 4.69. The molecule has 3 heteroatoms. The highest BCUT2D eigenvalue weighted by Gasteiger charge is 2.62. The molecule has 4 fully saturated rings. The molecule has 4 aliphatic carbocycles. The van der Waals surface area contributed by atoms with Gasteiger partial charge in [-0.1, -0.05) is 26.0 Å². The fraction of sp³-hybridized carbons (Fsp3) is 0.833. The van der Waals surface area contributed by atoms with Crippen molar-refractivity contribution in [1.82, 2.24) is 0 Å². The third-order valence-electron chi connectivity index (χ3n) is 9.19. The van der Waals surface area contributed by atoms with Crippen molar-refractivity contribution in [3.63, 3.8) is 0 Å². The average molecular weight is 372 g/mol. The Morgan fingerprint density at radius 3 is 2.70 bits per heavy atom. The zero-order chi connectivity index (χ0) is 19.2. The SMILES string of the molecule is C[C@]12CC[C@@H](C=CCCCN)CC1C(=O)C[C@@H]1[C@@H]2CC[C@]2(C)C(=O)CC[C@@H]12. The number of carbonyl (C=O) groups excluding carboxylic acids is 2. The summed E-state index contributed by atoms with van der Waals surface area (Å²) in [6, 6.07) is 0. The first-order valence-electron chi connectivity index (χ1n) is 11.3. The fourth-order valence-electron chi connectivity index (χ4n) is 7.54. The summed E-state index contributed by atoms with van der Waals surface area (Å²) in [5.41, 5.74) is 5.62. The number of nitrogens with two attached hydrogens (primary N) is 1. The Balaban J connectivity index is 1.52. The van der Waals surface area contributed by atoms with E-state index in [0.717, 1.165) is 57.9 Å². The first-order valence-corrected chi connectivity index (χ1v) is 11.3. The summed E-state index contributed by atoms with van der Waals surface area (Å²) in [4.78, 5) is 25.8. The normalized spacial score (nSPS) is 47.0. The van der Waals surface area contributed by atoms with Gasteiger partial charge < -0.3 is 5.73 Å². The van der Waals surface area contributed by atoms with Gasteiger partial charge in [-0.2, -0.15) is 0 Å². The van der Waals surface area contributed by atoms with Crippen molar-refractivity contribution in [1.29, 1.82) is 0 Å². The lowest BCUT2D eigenvalue weighted by atomic mass is 9.44. The summed E-state index contributed by atoms with van der Waals surface area (Å²) in [5, 5.41) is 0. The lowest BCUT2D eigenvalue weighted by Crippen LogP contribution is -2.56. The zero-order valence-electron chi connectivity index (χ0n) is 17.2. The highest BCUT2D eigenvalue weighted by molar-refractivity contribution is 5.88. The quantitative estimate of drug-likeness (QED) is 0.576. The van der Waals surface area contributed by atoms with Crippen molar-refractivity contribution >= 4 is 11.6 Å². The summed E-state index contributed by atoms with van der Waals surface area (Å²) in [6.45, 7) is 5.37. The van der Waals surface area contributed by atoms with Crippen molar-refractivity contribution in [2.24, 2.45) is 46.2 Å². The van der Waals surface area contributed by atoms with Gasteiger partial charge in [0.2, 0.25) is 0 Å². The van der Waals surface area contributed by atoms with Gasteiger partial charge in [0.15, 0.2) is 0 Å². The number of hydrogen-bond donors (Lipinski definition) is 1. The van der Waals surface area contributed by atoms with E-state index in [1.165, 1.54) is 12.8 Å². The smallest absolute Gasteiger partial charge is 0.139 e. The van der Waals surface area contributed by atoms with Gasteiger partial charge in [-0.25, -0.2) is 0 Å². The zero-order valence-corrected chi connectivity index (χ0v) is 17.2. The summed E-state index contributed by atoms with van der Waals surface area (Å²) in [6.07, 6.45) is 14.9. The van der Waals surface area contributed by atoms with E-state index >= 15 is 0 Å². The van der Waals surface area contributed by atoms with Crippen LogP contribution in [0, 0.1) is 40.4 Å². The van der Waals surface area contributed by atoms with Crippen LogP contribution in [0.25, 0.3) is 0 Å². The lowest BCUT2D eigenvalue weighted by Gasteiger charge is -2.59. The number of allylic oxidation sites excluding steroid dienone is 2. The molecule has 0 heterocycles. The summed E-state index contributed by atoms with van der Waals surface area (Å²) >= 11 is 0. The summed E-state index contributed by atoms with van der Waals surface area (Å²) in [7, 11) is 0. The second-order valence-corrected chi connectivity index (χ2v) is 10.4. The van der Waals surface area contributed by atoms with E-state index in [0.29, 0.717) is 35.2 Å². The monoisotopic (exact) mass is 371 g/mol. The van der Waals surface area contributed by atoms with E-state index in [4.69, 9.17) is 5.73 Å². The molecule has 0 saturated heterocycles. The molecule has 3 nitrogen and oxygen atoms in total. The maximum Gasteiger partial charge on any atom is 0.139 e. The Bertz CT molecular complexity index is 640. The van der Waals surface area contributed by atoms with Crippen LogP contribution in [0.4, 0.5) is 0 Å². The second kappa shape index (κ2) is 7.13. The van der Waals surface area contributed by atoms with Crippen LogP contribution in [0.2, 0.25) is 0 Å². The van der Waals surface area contributed by atoms with Crippen molar-refractivity contribution in [2.75, 3.05) is 6.54 Å². The number of Topliss-reactive ketones (excluding diaryl/α,β-unsaturated/α-hetero) is 2. The number of hydrogen-bond acceptors (Lipinski definition) is 3. The highest BCUT2D eigenvalue weighted by atomic mass is 16.1. The minimum atomic E-state index is -0.131. The molecular weight excluding hydrogens is 334 g/mol. The molecule has 4 rings (SSSR count). The van der Waals surface area contributed by atoms with Gasteiger partial charge in [0, 0.05) is 24.2 Å². The standard InChI is InChI=1S/C24H37NO2/c1-23-11-9-16(6-4-3-5-13-25)14-20(23)21(26)15-17-18-7-8-22(27)24(18,2)12-10-19(17)23/h4,6,16-20H,3,5,7-15,25H2,1-2H3/t16-,17+,18+,19+,20?,23-,24+/m1/s1. The molecule has 0 aromatic rings. The van der Waals surface area contributed by atoms with Crippen LogP contribution < -0.4 is 5.73 Å². The van der Waals surface area contributed by atoms with Crippen LogP contribution >= 0.6 is 0 Å². The Labute approximate surface area is 164 Å². The molecule has 0 radical (unpaired) electrons. The minimum Gasteiger partial charge on any atom is -0.330 e. The fourth-order valence-corrected chi connectivity index (χ4v) is 7.54. The average Bonchev–Trinajstić information content (AvgIpc) is 2.95. The van der Waals surface area contributed by atoms with E-state index < -0.39 is 0 Å². The molecule has 4 aliphatic rings. The van der Waals surface area contributed by atoms with Crippen molar-refractivity contribution in [2.45, 2.75) is 78.1 Å². The van der Waals surface area contributed by atoms with Gasteiger partial charge in [-0.3, -0.25) is 9.59 Å². The van der Waals surface area contributed by atoms with E-state index in [1.807, 2.05) is 0 Å². The third kappa shape index (κ3) is 3.05. The van der Waals surface area contributed by atoms with Crippen LogP contribution in [0.1, 0.15) is 78.1 Å². The van der Waals surface area contributed by atoms with Gasteiger partial charge in [-0.15, -0.1) is 0 Å². The number of carbonyl (C=O) groups is 2. The Morgan fingerprint density at radius 2 is 1.93 bits per heavy atom. The van der Waals surface area contributed by atoms with Crippen LogP contribution in [0.5, 0.6) is 0 Å².